The average molecular weight is 243 g/mol. The lowest BCUT2D eigenvalue weighted by molar-refractivity contribution is 0.709. The van der Waals surface area contributed by atoms with Gasteiger partial charge in [-0.3, -0.25) is 4.98 Å². The second-order valence-electron chi connectivity index (χ2n) is 4.15. The Morgan fingerprint density at radius 1 is 1.17 bits per heavy atom. The van der Waals surface area contributed by atoms with Gasteiger partial charge in [-0.15, -0.1) is 0 Å². The predicted molar refractivity (Wildman–Crippen MR) is 72.0 cm³/mol. The van der Waals surface area contributed by atoms with E-state index < -0.39 is 0 Å². The van der Waals surface area contributed by atoms with Gasteiger partial charge in [-0.05, 0) is 37.6 Å². The molecule has 2 aromatic rings. The van der Waals surface area contributed by atoms with E-state index in [2.05, 4.69) is 27.2 Å². The average Bonchev–Trinajstić information content (AvgIpc) is 2.41. The summed E-state index contributed by atoms with van der Waals surface area (Å²) in [5.41, 5.74) is 7.54. The molecular weight excluding hydrogens is 226 g/mol. The summed E-state index contributed by atoms with van der Waals surface area (Å²) < 4.78 is 0. The van der Waals surface area contributed by atoms with Crippen molar-refractivity contribution < 1.29 is 0 Å². The summed E-state index contributed by atoms with van der Waals surface area (Å²) in [7, 11) is 0. The normalized spacial score (nSPS) is 12.1. The molecular formula is C13H17N5. The first kappa shape index (κ1) is 12.4. The van der Waals surface area contributed by atoms with Gasteiger partial charge in [0.15, 0.2) is 0 Å². The van der Waals surface area contributed by atoms with Gasteiger partial charge in [-0.1, -0.05) is 0 Å². The number of anilines is 1. The third-order valence-electron chi connectivity index (χ3n) is 2.64. The number of nitrogens with one attached hydrogen (secondary N) is 1. The molecule has 0 aliphatic rings. The first-order chi connectivity index (χ1) is 8.79. The molecule has 0 radical (unpaired) electrons. The Hall–Kier alpha value is -2.01. The Labute approximate surface area is 106 Å². The van der Waals surface area contributed by atoms with Crippen molar-refractivity contribution in [3.8, 4) is 11.1 Å². The van der Waals surface area contributed by atoms with Crippen LogP contribution in [0, 0.1) is 0 Å². The first-order valence-electron chi connectivity index (χ1n) is 5.98. The molecule has 0 saturated heterocycles. The Morgan fingerprint density at radius 3 is 2.44 bits per heavy atom. The van der Waals surface area contributed by atoms with Gasteiger partial charge in [-0.2, -0.15) is 0 Å². The highest BCUT2D eigenvalue weighted by molar-refractivity contribution is 5.61. The van der Waals surface area contributed by atoms with Gasteiger partial charge < -0.3 is 11.1 Å². The van der Waals surface area contributed by atoms with Gasteiger partial charge >= 0.3 is 0 Å². The molecule has 0 aromatic carbocycles. The van der Waals surface area contributed by atoms with Gasteiger partial charge in [0.1, 0.15) is 0 Å². The zero-order valence-electron chi connectivity index (χ0n) is 10.4. The predicted octanol–water partition coefficient (Wildman–Crippen LogP) is 1.69. The summed E-state index contributed by atoms with van der Waals surface area (Å²) in [5, 5.41) is 3.21. The Kier molecular flexibility index (Phi) is 4.20. The van der Waals surface area contributed by atoms with Gasteiger partial charge in [0.2, 0.25) is 5.95 Å². The molecule has 0 saturated carbocycles. The number of hydrogen-bond donors (Lipinski definition) is 2. The monoisotopic (exact) mass is 243 g/mol. The molecule has 5 heteroatoms. The number of hydrogen-bond acceptors (Lipinski definition) is 5. The van der Waals surface area contributed by atoms with Crippen LogP contribution in [0.15, 0.2) is 36.9 Å². The largest absolute Gasteiger partial charge is 0.352 e. The van der Waals surface area contributed by atoms with Crippen LogP contribution in [-0.2, 0) is 0 Å². The fraction of sp³-hybridized carbons (Fsp3) is 0.308. The number of nitrogens with two attached hydrogens (primary N) is 1. The highest BCUT2D eigenvalue weighted by Gasteiger charge is 2.03. The molecule has 0 spiro atoms. The van der Waals surface area contributed by atoms with E-state index in [4.69, 9.17) is 5.73 Å². The molecule has 18 heavy (non-hydrogen) atoms. The summed E-state index contributed by atoms with van der Waals surface area (Å²) in [6.45, 7) is 2.72. The number of nitrogens with zero attached hydrogens (tertiary/aromatic N) is 3. The Morgan fingerprint density at radius 2 is 1.83 bits per heavy atom. The molecule has 2 aromatic heterocycles. The van der Waals surface area contributed by atoms with Crippen LogP contribution in [0.1, 0.15) is 13.3 Å². The zero-order valence-corrected chi connectivity index (χ0v) is 10.4. The van der Waals surface area contributed by atoms with Crippen LogP contribution in [0.2, 0.25) is 0 Å². The van der Waals surface area contributed by atoms with Crippen molar-refractivity contribution in [2.45, 2.75) is 19.4 Å². The lowest BCUT2D eigenvalue weighted by Crippen LogP contribution is -2.20. The van der Waals surface area contributed by atoms with Gasteiger partial charge in [0.05, 0.1) is 0 Å². The molecule has 0 amide bonds. The van der Waals surface area contributed by atoms with E-state index in [1.807, 2.05) is 12.1 Å². The topological polar surface area (TPSA) is 76.7 Å². The van der Waals surface area contributed by atoms with Crippen LogP contribution in [0.4, 0.5) is 5.95 Å². The second-order valence-corrected chi connectivity index (χ2v) is 4.15. The molecule has 3 N–H and O–H groups in total. The Bertz CT molecular complexity index is 469. The van der Waals surface area contributed by atoms with E-state index in [9.17, 15) is 0 Å². The molecule has 0 fully saturated rings. The highest BCUT2D eigenvalue weighted by atomic mass is 15.1. The molecule has 0 aliphatic heterocycles. The van der Waals surface area contributed by atoms with Gasteiger partial charge in [0.25, 0.3) is 0 Å². The highest BCUT2D eigenvalue weighted by Crippen LogP contribution is 2.16. The molecule has 0 bridgehead atoms. The van der Waals surface area contributed by atoms with E-state index in [-0.39, 0.29) is 6.04 Å². The summed E-state index contributed by atoms with van der Waals surface area (Å²) in [4.78, 5) is 12.6. The van der Waals surface area contributed by atoms with Crippen LogP contribution in [0.3, 0.4) is 0 Å². The quantitative estimate of drug-likeness (QED) is 0.835. The number of aromatic nitrogens is 3. The lowest BCUT2D eigenvalue weighted by atomic mass is 10.1. The van der Waals surface area contributed by atoms with Crippen molar-refractivity contribution in [1.82, 2.24) is 15.0 Å². The third-order valence-corrected chi connectivity index (χ3v) is 2.64. The summed E-state index contributed by atoms with van der Waals surface area (Å²) in [6, 6.07) is 4.15. The molecule has 2 heterocycles. The van der Waals surface area contributed by atoms with Crippen LogP contribution in [0.5, 0.6) is 0 Å². The van der Waals surface area contributed by atoms with E-state index in [0.29, 0.717) is 12.5 Å². The van der Waals surface area contributed by atoms with Crippen molar-refractivity contribution in [1.29, 1.82) is 0 Å². The van der Waals surface area contributed by atoms with E-state index in [1.165, 1.54) is 0 Å². The summed E-state index contributed by atoms with van der Waals surface area (Å²) >= 11 is 0. The minimum Gasteiger partial charge on any atom is -0.352 e. The molecule has 2 rings (SSSR count). The number of pyridine rings is 1. The van der Waals surface area contributed by atoms with Crippen molar-refractivity contribution in [3.05, 3.63) is 36.9 Å². The lowest BCUT2D eigenvalue weighted by Gasteiger charge is -2.12. The van der Waals surface area contributed by atoms with Crippen LogP contribution < -0.4 is 11.1 Å². The maximum absolute atomic E-state index is 5.50. The zero-order chi connectivity index (χ0) is 12.8. The van der Waals surface area contributed by atoms with Gasteiger partial charge in [0, 0.05) is 36.4 Å². The SMILES string of the molecule is CC(CCN)Nc1ncc(-c2ccncc2)cn1. The van der Waals surface area contributed by atoms with Crippen LogP contribution in [0.25, 0.3) is 11.1 Å². The molecule has 94 valence electrons. The smallest absolute Gasteiger partial charge is 0.222 e. The Balaban J connectivity index is 2.06. The standard InChI is InChI=1S/C13H17N5/c1-10(2-5-14)18-13-16-8-12(9-17-13)11-3-6-15-7-4-11/h3-4,6-10H,2,5,14H2,1H3,(H,16,17,18). The molecule has 1 unspecified atom stereocenters. The maximum Gasteiger partial charge on any atom is 0.222 e. The minimum absolute atomic E-state index is 0.279. The maximum atomic E-state index is 5.50. The van der Waals surface area contributed by atoms with E-state index in [1.54, 1.807) is 24.8 Å². The van der Waals surface area contributed by atoms with Crippen molar-refractivity contribution in [2.24, 2.45) is 5.73 Å². The molecule has 5 nitrogen and oxygen atoms in total. The fourth-order valence-corrected chi connectivity index (χ4v) is 1.64. The fourth-order valence-electron chi connectivity index (χ4n) is 1.64. The minimum atomic E-state index is 0.279. The van der Waals surface area contributed by atoms with Crippen LogP contribution >= 0.6 is 0 Å². The van der Waals surface area contributed by atoms with E-state index >= 15 is 0 Å². The van der Waals surface area contributed by atoms with Crippen LogP contribution in [-0.4, -0.2) is 27.5 Å². The molecule has 0 aliphatic carbocycles. The van der Waals surface area contributed by atoms with Gasteiger partial charge in [-0.25, -0.2) is 9.97 Å². The van der Waals surface area contributed by atoms with Crippen molar-refractivity contribution in [2.75, 3.05) is 11.9 Å². The summed E-state index contributed by atoms with van der Waals surface area (Å²) in [6.07, 6.45) is 8.02. The van der Waals surface area contributed by atoms with Crippen molar-refractivity contribution in [3.63, 3.8) is 0 Å². The second kappa shape index (κ2) is 6.07. The summed E-state index contributed by atoms with van der Waals surface area (Å²) in [5.74, 6) is 0.633. The molecule has 1 atom stereocenters. The van der Waals surface area contributed by atoms with Crippen molar-refractivity contribution >= 4 is 5.95 Å². The number of rotatable bonds is 5. The third kappa shape index (κ3) is 3.24. The van der Waals surface area contributed by atoms with E-state index in [0.717, 1.165) is 17.5 Å². The first-order valence-corrected chi connectivity index (χ1v) is 5.98.